The molecule has 2 amide bonds. The van der Waals surface area contributed by atoms with Crippen molar-refractivity contribution >= 4 is 11.8 Å². The van der Waals surface area contributed by atoms with Gasteiger partial charge >= 0.3 is 0 Å². The average molecular weight is 291 g/mol. The Morgan fingerprint density at radius 2 is 2.24 bits per heavy atom. The lowest BCUT2D eigenvalue weighted by atomic mass is 10.2. The van der Waals surface area contributed by atoms with Crippen molar-refractivity contribution in [2.75, 3.05) is 13.6 Å². The number of benzene rings is 1. The number of nitrogens with zero attached hydrogens (tertiary/aromatic N) is 3. The molecule has 0 aliphatic rings. The van der Waals surface area contributed by atoms with Gasteiger partial charge in [0, 0.05) is 12.6 Å². The van der Waals surface area contributed by atoms with Crippen LogP contribution < -0.4 is 5.32 Å². The van der Waals surface area contributed by atoms with E-state index in [1.165, 1.54) is 29.4 Å². The van der Waals surface area contributed by atoms with Gasteiger partial charge in [0.25, 0.3) is 5.91 Å². The first-order valence-electron chi connectivity index (χ1n) is 6.18. The van der Waals surface area contributed by atoms with Crippen LogP contribution in [0.3, 0.4) is 0 Å². The molecule has 0 aliphatic carbocycles. The van der Waals surface area contributed by atoms with Gasteiger partial charge < -0.3 is 10.2 Å². The molecule has 7 nitrogen and oxygen atoms in total. The summed E-state index contributed by atoms with van der Waals surface area (Å²) in [6.07, 6.45) is 1.35. The lowest BCUT2D eigenvalue weighted by molar-refractivity contribution is -0.129. The summed E-state index contributed by atoms with van der Waals surface area (Å²) in [5, 5.41) is 8.76. The Morgan fingerprint density at radius 3 is 2.90 bits per heavy atom. The molecule has 2 aromatic rings. The Kier molecular flexibility index (Phi) is 4.60. The lowest BCUT2D eigenvalue weighted by Crippen LogP contribution is -2.38. The number of nitrogens with one attached hydrogen (secondary N) is 2. The highest BCUT2D eigenvalue weighted by molar-refractivity contribution is 5.96. The van der Waals surface area contributed by atoms with Gasteiger partial charge in [0.1, 0.15) is 18.0 Å². The minimum atomic E-state index is -0.504. The third kappa shape index (κ3) is 4.10. The molecule has 0 atom stereocenters. The summed E-state index contributed by atoms with van der Waals surface area (Å²) in [5.41, 5.74) is 0.167. The van der Waals surface area contributed by atoms with Crippen LogP contribution in [0.15, 0.2) is 30.6 Å². The van der Waals surface area contributed by atoms with Crippen molar-refractivity contribution < 1.29 is 14.0 Å². The molecule has 1 heterocycles. The zero-order valence-corrected chi connectivity index (χ0v) is 11.3. The van der Waals surface area contributed by atoms with Gasteiger partial charge in [0.05, 0.1) is 13.1 Å². The molecular weight excluding hydrogens is 277 g/mol. The van der Waals surface area contributed by atoms with Gasteiger partial charge in [-0.3, -0.25) is 14.7 Å². The van der Waals surface area contributed by atoms with E-state index in [4.69, 9.17) is 0 Å². The maximum atomic E-state index is 13.0. The molecule has 1 aromatic heterocycles. The summed E-state index contributed by atoms with van der Waals surface area (Å²) in [6, 6.07) is 5.26. The van der Waals surface area contributed by atoms with Crippen molar-refractivity contribution in [3.8, 4) is 0 Å². The first kappa shape index (κ1) is 14.6. The highest BCUT2D eigenvalue weighted by Crippen LogP contribution is 2.03. The van der Waals surface area contributed by atoms with Crippen LogP contribution >= 0.6 is 0 Å². The number of rotatable bonds is 5. The third-order valence-corrected chi connectivity index (χ3v) is 2.76. The van der Waals surface area contributed by atoms with Crippen LogP contribution in [0, 0.1) is 5.82 Å². The Hall–Kier alpha value is -2.77. The molecule has 0 aliphatic heterocycles. The maximum absolute atomic E-state index is 13.0. The SMILES string of the molecule is CN(Cc1ncn[nH]1)C(=O)CNC(=O)c1cccc(F)c1. The second kappa shape index (κ2) is 6.60. The van der Waals surface area contributed by atoms with Gasteiger partial charge in [0.2, 0.25) is 5.91 Å². The predicted octanol–water partition coefficient (Wildman–Crippen LogP) is 0.332. The van der Waals surface area contributed by atoms with Crippen LogP contribution in [0.1, 0.15) is 16.2 Å². The first-order valence-corrected chi connectivity index (χ1v) is 6.18. The highest BCUT2D eigenvalue weighted by Gasteiger charge is 2.13. The minimum Gasteiger partial charge on any atom is -0.343 e. The summed E-state index contributed by atoms with van der Waals surface area (Å²) in [5.74, 6) is -0.759. The summed E-state index contributed by atoms with van der Waals surface area (Å²) in [4.78, 5) is 28.9. The molecule has 0 saturated carbocycles. The van der Waals surface area contributed by atoms with E-state index in [0.29, 0.717) is 5.82 Å². The highest BCUT2D eigenvalue weighted by atomic mass is 19.1. The monoisotopic (exact) mass is 291 g/mol. The van der Waals surface area contributed by atoms with E-state index in [2.05, 4.69) is 20.5 Å². The van der Waals surface area contributed by atoms with Crippen molar-refractivity contribution in [1.82, 2.24) is 25.4 Å². The van der Waals surface area contributed by atoms with Crippen LogP contribution in [0.5, 0.6) is 0 Å². The van der Waals surface area contributed by atoms with Gasteiger partial charge in [-0.15, -0.1) is 0 Å². The van der Waals surface area contributed by atoms with Crippen LogP contribution in [0.25, 0.3) is 0 Å². The van der Waals surface area contributed by atoms with Gasteiger partial charge in [0.15, 0.2) is 0 Å². The number of aromatic amines is 1. The second-order valence-electron chi connectivity index (χ2n) is 4.37. The van der Waals surface area contributed by atoms with Gasteiger partial charge in [-0.1, -0.05) is 6.07 Å². The number of amides is 2. The van der Waals surface area contributed by atoms with E-state index in [-0.39, 0.29) is 24.6 Å². The number of H-pyrrole nitrogens is 1. The largest absolute Gasteiger partial charge is 0.343 e. The smallest absolute Gasteiger partial charge is 0.251 e. The van der Waals surface area contributed by atoms with Crippen molar-refractivity contribution in [3.63, 3.8) is 0 Å². The zero-order chi connectivity index (χ0) is 15.2. The number of carbonyl (C=O) groups excluding carboxylic acids is 2. The number of likely N-dealkylation sites (N-methyl/N-ethyl adjacent to an activating group) is 1. The molecule has 0 saturated heterocycles. The van der Waals surface area contributed by atoms with Crippen molar-refractivity contribution in [1.29, 1.82) is 0 Å². The van der Waals surface area contributed by atoms with Crippen LogP contribution in [0.4, 0.5) is 4.39 Å². The number of halogens is 1. The van der Waals surface area contributed by atoms with Crippen LogP contribution in [-0.2, 0) is 11.3 Å². The Bertz CT molecular complexity index is 629. The van der Waals surface area contributed by atoms with E-state index in [0.717, 1.165) is 6.07 Å². The Labute approximate surface area is 120 Å². The third-order valence-electron chi connectivity index (χ3n) is 2.76. The number of hydrogen-bond donors (Lipinski definition) is 2. The average Bonchev–Trinajstić information content (AvgIpc) is 2.97. The summed E-state index contributed by atoms with van der Waals surface area (Å²) < 4.78 is 13.0. The van der Waals surface area contributed by atoms with Crippen LogP contribution in [0.2, 0.25) is 0 Å². The predicted molar refractivity (Wildman–Crippen MR) is 71.6 cm³/mol. The quantitative estimate of drug-likeness (QED) is 0.830. The molecule has 8 heteroatoms. The lowest BCUT2D eigenvalue weighted by Gasteiger charge is -2.15. The summed E-state index contributed by atoms with van der Waals surface area (Å²) >= 11 is 0. The van der Waals surface area contributed by atoms with Gasteiger partial charge in [-0.25, -0.2) is 9.37 Å². The molecule has 1 aromatic carbocycles. The standard InChI is InChI=1S/C13H14FN5O2/c1-19(7-11-16-8-17-18-11)12(20)6-15-13(21)9-3-2-4-10(14)5-9/h2-5,8H,6-7H2,1H3,(H,15,21)(H,16,17,18). The normalized spacial score (nSPS) is 10.2. The molecule has 0 bridgehead atoms. The Morgan fingerprint density at radius 1 is 1.43 bits per heavy atom. The maximum Gasteiger partial charge on any atom is 0.251 e. The van der Waals surface area contributed by atoms with Crippen molar-refractivity contribution in [2.45, 2.75) is 6.54 Å². The summed E-state index contributed by atoms with van der Waals surface area (Å²) in [7, 11) is 1.58. The molecule has 0 fully saturated rings. The number of hydrogen-bond acceptors (Lipinski definition) is 4. The molecule has 2 rings (SSSR count). The molecule has 110 valence electrons. The number of carbonyl (C=O) groups is 2. The molecule has 0 spiro atoms. The fourth-order valence-corrected chi connectivity index (χ4v) is 1.64. The van der Waals surface area contributed by atoms with E-state index >= 15 is 0 Å². The molecule has 0 radical (unpaired) electrons. The van der Waals surface area contributed by atoms with E-state index in [1.54, 1.807) is 7.05 Å². The van der Waals surface area contributed by atoms with E-state index in [9.17, 15) is 14.0 Å². The van der Waals surface area contributed by atoms with Gasteiger partial charge in [-0.2, -0.15) is 5.10 Å². The molecule has 0 unspecified atom stereocenters. The first-order chi connectivity index (χ1) is 10.1. The van der Waals surface area contributed by atoms with E-state index in [1.807, 2.05) is 0 Å². The molecular formula is C13H14FN5O2. The summed E-state index contributed by atoms with van der Waals surface area (Å²) in [6.45, 7) is 0.0780. The fraction of sp³-hybridized carbons (Fsp3) is 0.231. The molecule has 2 N–H and O–H groups in total. The van der Waals surface area contributed by atoms with Crippen LogP contribution in [-0.4, -0.2) is 45.5 Å². The van der Waals surface area contributed by atoms with Gasteiger partial charge in [-0.05, 0) is 18.2 Å². The zero-order valence-electron chi connectivity index (χ0n) is 11.3. The Balaban J connectivity index is 1.84. The van der Waals surface area contributed by atoms with E-state index < -0.39 is 11.7 Å². The fourth-order valence-electron chi connectivity index (χ4n) is 1.64. The van der Waals surface area contributed by atoms with Crippen molar-refractivity contribution in [3.05, 3.63) is 47.8 Å². The van der Waals surface area contributed by atoms with Crippen molar-refractivity contribution in [2.24, 2.45) is 0 Å². The topological polar surface area (TPSA) is 91.0 Å². The number of aromatic nitrogens is 3. The molecule has 21 heavy (non-hydrogen) atoms. The second-order valence-corrected chi connectivity index (χ2v) is 4.37. The minimum absolute atomic E-state index is 0.167.